The summed E-state index contributed by atoms with van der Waals surface area (Å²) >= 11 is 0. The number of aromatic nitrogens is 1. The Bertz CT molecular complexity index is 1100. The molecule has 3 aromatic rings. The van der Waals surface area contributed by atoms with E-state index >= 15 is 0 Å². The van der Waals surface area contributed by atoms with Crippen molar-refractivity contribution < 1.29 is 26.3 Å². The van der Waals surface area contributed by atoms with E-state index in [9.17, 15) is 21.6 Å². The minimum atomic E-state index is -4.76. The van der Waals surface area contributed by atoms with Gasteiger partial charge in [-0.05, 0) is 42.0 Å². The van der Waals surface area contributed by atoms with Crippen molar-refractivity contribution in [3.63, 3.8) is 0 Å². The van der Waals surface area contributed by atoms with Gasteiger partial charge in [-0.3, -0.25) is 4.72 Å². The van der Waals surface area contributed by atoms with Crippen LogP contribution in [0.15, 0.2) is 66.9 Å². The van der Waals surface area contributed by atoms with Crippen LogP contribution in [-0.4, -0.2) is 26.0 Å². The molecule has 0 aliphatic rings. The molecule has 3 rings (SSSR count). The number of rotatable bonds is 6. The maximum absolute atomic E-state index is 12.3. The van der Waals surface area contributed by atoms with Crippen LogP contribution in [0.3, 0.4) is 0 Å². The number of sulfonamides is 1. The predicted octanol–water partition coefficient (Wildman–Crippen LogP) is 4.76. The van der Waals surface area contributed by atoms with Crippen LogP contribution in [0.25, 0.3) is 11.1 Å². The highest BCUT2D eigenvalue weighted by molar-refractivity contribution is 7.92. The second-order valence-corrected chi connectivity index (χ2v) is 7.84. The molecule has 0 bridgehead atoms. The second kappa shape index (κ2) is 8.00. The van der Waals surface area contributed by atoms with E-state index in [2.05, 4.69) is 19.8 Å². The average Bonchev–Trinajstić information content (AvgIpc) is 2.60. The van der Waals surface area contributed by atoms with Gasteiger partial charge in [-0.15, -0.1) is 13.2 Å². The molecule has 0 unspecified atom stereocenters. The largest absolute Gasteiger partial charge is 0.573 e. The van der Waals surface area contributed by atoms with Crippen molar-refractivity contribution in [3.05, 3.63) is 66.9 Å². The first kappa shape index (κ1) is 20.5. The fourth-order valence-corrected chi connectivity index (χ4v) is 3.09. The highest BCUT2D eigenvalue weighted by atomic mass is 32.2. The Balaban J connectivity index is 1.74. The van der Waals surface area contributed by atoms with Crippen LogP contribution in [-0.2, 0) is 10.0 Å². The second-order valence-electron chi connectivity index (χ2n) is 6.09. The van der Waals surface area contributed by atoms with Crippen LogP contribution < -0.4 is 14.8 Å². The number of alkyl halides is 3. The Morgan fingerprint density at radius 1 is 0.931 bits per heavy atom. The lowest BCUT2D eigenvalue weighted by Gasteiger charge is -2.11. The van der Waals surface area contributed by atoms with Crippen molar-refractivity contribution >= 4 is 27.2 Å². The number of benzene rings is 2. The van der Waals surface area contributed by atoms with E-state index in [4.69, 9.17) is 0 Å². The van der Waals surface area contributed by atoms with Gasteiger partial charge in [0, 0.05) is 29.2 Å². The maximum Gasteiger partial charge on any atom is 0.573 e. The Labute approximate surface area is 165 Å². The molecule has 0 aliphatic heterocycles. The molecule has 0 spiro atoms. The fraction of sp³-hybridized carbons (Fsp3) is 0.105. The SMILES string of the molecule is CS(=O)(=O)Nc1cccc(-c2ccc(Nc3cccc(OC(F)(F)F)c3)nc2)c1. The first-order valence-corrected chi connectivity index (χ1v) is 10.1. The van der Waals surface area contributed by atoms with Crippen molar-refractivity contribution in [3.8, 4) is 16.9 Å². The molecular formula is C19H16F3N3O3S. The summed E-state index contributed by atoms with van der Waals surface area (Å²) in [5.41, 5.74) is 2.29. The van der Waals surface area contributed by atoms with Gasteiger partial charge in [-0.25, -0.2) is 13.4 Å². The lowest BCUT2D eigenvalue weighted by molar-refractivity contribution is -0.274. The number of halogens is 3. The molecule has 1 heterocycles. The van der Waals surface area contributed by atoms with Gasteiger partial charge in [0.1, 0.15) is 11.6 Å². The summed E-state index contributed by atoms with van der Waals surface area (Å²) in [6, 6.07) is 15.6. The third-order valence-corrected chi connectivity index (χ3v) is 4.21. The molecule has 2 aromatic carbocycles. The first-order chi connectivity index (χ1) is 13.6. The number of ether oxygens (including phenoxy) is 1. The summed E-state index contributed by atoms with van der Waals surface area (Å²) in [7, 11) is -3.39. The Kier molecular flexibility index (Phi) is 5.64. The van der Waals surface area contributed by atoms with Crippen LogP contribution >= 0.6 is 0 Å². The molecule has 0 atom stereocenters. The van der Waals surface area contributed by atoms with Crippen LogP contribution in [0.5, 0.6) is 5.75 Å². The number of nitrogens with zero attached hydrogens (tertiary/aromatic N) is 1. The zero-order chi connectivity index (χ0) is 21.1. The number of hydrogen-bond donors (Lipinski definition) is 2. The van der Waals surface area contributed by atoms with Crippen LogP contribution in [0.1, 0.15) is 0 Å². The minimum absolute atomic E-state index is 0.339. The van der Waals surface area contributed by atoms with Gasteiger partial charge in [0.05, 0.1) is 6.26 Å². The van der Waals surface area contributed by atoms with Crippen LogP contribution in [0.4, 0.5) is 30.4 Å². The van der Waals surface area contributed by atoms with E-state index in [0.29, 0.717) is 17.2 Å². The fourth-order valence-electron chi connectivity index (χ4n) is 2.53. The quantitative estimate of drug-likeness (QED) is 0.597. The summed E-state index contributed by atoms with van der Waals surface area (Å²) < 4.78 is 66.0. The number of nitrogens with one attached hydrogen (secondary N) is 2. The molecule has 29 heavy (non-hydrogen) atoms. The molecule has 2 N–H and O–H groups in total. The van der Waals surface area contributed by atoms with Crippen LogP contribution in [0, 0.1) is 0 Å². The lowest BCUT2D eigenvalue weighted by Crippen LogP contribution is -2.17. The molecule has 10 heteroatoms. The third kappa shape index (κ3) is 6.39. The molecule has 0 fully saturated rings. The van der Waals surface area contributed by atoms with Crippen molar-refractivity contribution in [2.75, 3.05) is 16.3 Å². The van der Waals surface area contributed by atoms with E-state index in [1.54, 1.807) is 48.7 Å². The van der Waals surface area contributed by atoms with Crippen molar-refractivity contribution in [2.45, 2.75) is 6.36 Å². The Morgan fingerprint density at radius 2 is 1.66 bits per heavy atom. The molecule has 0 aliphatic carbocycles. The van der Waals surface area contributed by atoms with E-state index in [0.717, 1.165) is 17.4 Å². The molecule has 6 nitrogen and oxygen atoms in total. The zero-order valence-corrected chi connectivity index (χ0v) is 15.9. The zero-order valence-electron chi connectivity index (χ0n) is 15.1. The van der Waals surface area contributed by atoms with Gasteiger partial charge in [0.15, 0.2) is 0 Å². The minimum Gasteiger partial charge on any atom is -0.406 e. The van der Waals surface area contributed by atoms with Gasteiger partial charge >= 0.3 is 6.36 Å². The van der Waals surface area contributed by atoms with Crippen molar-refractivity contribution in [1.82, 2.24) is 4.98 Å². The number of hydrogen-bond acceptors (Lipinski definition) is 5. The van der Waals surface area contributed by atoms with E-state index in [1.807, 2.05) is 0 Å². The normalized spacial score (nSPS) is 11.7. The third-order valence-electron chi connectivity index (χ3n) is 3.60. The number of pyridine rings is 1. The predicted molar refractivity (Wildman–Crippen MR) is 105 cm³/mol. The highest BCUT2D eigenvalue weighted by Crippen LogP contribution is 2.27. The highest BCUT2D eigenvalue weighted by Gasteiger charge is 2.31. The molecule has 1 aromatic heterocycles. The summed E-state index contributed by atoms with van der Waals surface area (Å²) in [5.74, 6) is 0.0811. The Hall–Kier alpha value is -3.27. The van der Waals surface area contributed by atoms with E-state index < -0.39 is 16.4 Å². The van der Waals surface area contributed by atoms with Gasteiger partial charge in [-0.1, -0.05) is 18.2 Å². The smallest absolute Gasteiger partial charge is 0.406 e. The van der Waals surface area contributed by atoms with Gasteiger partial charge in [-0.2, -0.15) is 0 Å². The maximum atomic E-state index is 12.3. The summed E-state index contributed by atoms with van der Waals surface area (Å²) in [6.07, 6.45) is -2.13. The number of anilines is 3. The summed E-state index contributed by atoms with van der Waals surface area (Å²) in [6.45, 7) is 0. The molecule has 0 radical (unpaired) electrons. The van der Waals surface area contributed by atoms with E-state index in [-0.39, 0.29) is 5.75 Å². The Morgan fingerprint density at radius 3 is 2.31 bits per heavy atom. The average molecular weight is 423 g/mol. The van der Waals surface area contributed by atoms with Gasteiger partial charge in [0.25, 0.3) is 0 Å². The standard InChI is InChI=1S/C19H16F3N3O3S/c1-29(26,27)25-16-6-2-4-13(10-16)14-8-9-18(23-12-14)24-15-5-3-7-17(11-15)28-19(20,21)22/h2-12,25H,1H3,(H,23,24). The van der Waals surface area contributed by atoms with E-state index in [1.165, 1.54) is 18.2 Å². The summed E-state index contributed by atoms with van der Waals surface area (Å²) in [4.78, 5) is 4.25. The molecule has 0 saturated heterocycles. The topological polar surface area (TPSA) is 80.3 Å². The van der Waals surface area contributed by atoms with Gasteiger partial charge < -0.3 is 10.1 Å². The van der Waals surface area contributed by atoms with Gasteiger partial charge in [0.2, 0.25) is 10.0 Å². The molecular weight excluding hydrogens is 407 g/mol. The van der Waals surface area contributed by atoms with Crippen molar-refractivity contribution in [2.24, 2.45) is 0 Å². The first-order valence-electron chi connectivity index (χ1n) is 8.24. The molecule has 0 amide bonds. The lowest BCUT2D eigenvalue weighted by atomic mass is 10.1. The summed E-state index contributed by atoms with van der Waals surface area (Å²) in [5, 5.41) is 2.90. The van der Waals surface area contributed by atoms with Crippen LogP contribution in [0.2, 0.25) is 0 Å². The van der Waals surface area contributed by atoms with Crippen molar-refractivity contribution in [1.29, 1.82) is 0 Å². The monoisotopic (exact) mass is 423 g/mol. The molecule has 0 saturated carbocycles. The molecule has 152 valence electrons.